The topological polar surface area (TPSA) is 96.7 Å². The summed E-state index contributed by atoms with van der Waals surface area (Å²) < 4.78 is 5.08. The molecule has 2 N–H and O–H groups in total. The highest BCUT2D eigenvalue weighted by atomic mass is 16.4. The minimum absolute atomic E-state index is 0.150. The maximum absolute atomic E-state index is 11.9. The van der Waals surface area contributed by atoms with Crippen molar-refractivity contribution in [3.05, 3.63) is 54.2 Å². The third-order valence-electron chi connectivity index (χ3n) is 2.76. The molecule has 1 amide bonds. The summed E-state index contributed by atoms with van der Waals surface area (Å²) in [6.07, 6.45) is 4.67. The molecule has 0 saturated heterocycles. The summed E-state index contributed by atoms with van der Waals surface area (Å²) in [5.41, 5.74) is 2.26. The first-order valence-electron chi connectivity index (χ1n) is 5.95. The van der Waals surface area contributed by atoms with Crippen LogP contribution in [0.3, 0.4) is 0 Å². The van der Waals surface area contributed by atoms with Gasteiger partial charge in [-0.15, -0.1) is 10.2 Å². The van der Waals surface area contributed by atoms with E-state index >= 15 is 0 Å². The molecule has 0 saturated carbocycles. The fraction of sp³-hybridized carbons (Fsp3) is 0.0769. The lowest BCUT2D eigenvalue weighted by atomic mass is 10.1. The predicted molar refractivity (Wildman–Crippen MR) is 69.5 cm³/mol. The van der Waals surface area contributed by atoms with Crippen LogP contribution < -0.4 is 5.32 Å². The molecule has 1 aromatic carbocycles. The number of aromatic nitrogens is 4. The lowest BCUT2D eigenvalue weighted by molar-refractivity contribution is 0.0951. The second-order valence-corrected chi connectivity index (χ2v) is 4.11. The van der Waals surface area contributed by atoms with Crippen LogP contribution in [-0.2, 0) is 6.54 Å². The molecule has 0 radical (unpaired) electrons. The zero-order chi connectivity index (χ0) is 13.8. The molecule has 3 aromatic rings. The molecule has 0 aliphatic rings. The largest absolute Gasteiger partial charge is 0.423 e. The molecule has 7 heteroatoms. The number of H-pyrrole nitrogens is 1. The van der Waals surface area contributed by atoms with Crippen molar-refractivity contribution in [3.8, 4) is 11.5 Å². The Morgan fingerprint density at radius 2 is 2.15 bits per heavy atom. The zero-order valence-corrected chi connectivity index (χ0v) is 10.4. The predicted octanol–water partition coefficient (Wildman–Crippen LogP) is 1.39. The Morgan fingerprint density at radius 1 is 1.30 bits per heavy atom. The molecule has 0 spiro atoms. The molecule has 0 bridgehead atoms. The van der Waals surface area contributed by atoms with Crippen LogP contribution in [0.25, 0.3) is 11.5 Å². The Morgan fingerprint density at radius 3 is 2.80 bits per heavy atom. The Kier molecular flexibility index (Phi) is 3.24. The first kappa shape index (κ1) is 12.1. The van der Waals surface area contributed by atoms with Crippen molar-refractivity contribution in [1.29, 1.82) is 0 Å². The van der Waals surface area contributed by atoms with Gasteiger partial charge in [-0.05, 0) is 24.3 Å². The van der Waals surface area contributed by atoms with E-state index in [1.807, 2.05) is 0 Å². The quantitative estimate of drug-likeness (QED) is 0.746. The minimum atomic E-state index is -0.150. The van der Waals surface area contributed by atoms with Gasteiger partial charge in [-0.3, -0.25) is 9.89 Å². The molecule has 3 rings (SSSR count). The van der Waals surface area contributed by atoms with E-state index in [1.165, 1.54) is 6.39 Å². The molecule has 2 heterocycles. The van der Waals surface area contributed by atoms with Crippen molar-refractivity contribution in [3.63, 3.8) is 0 Å². The van der Waals surface area contributed by atoms with Gasteiger partial charge in [0, 0.05) is 29.4 Å². The van der Waals surface area contributed by atoms with Gasteiger partial charge in [-0.1, -0.05) is 0 Å². The summed E-state index contributed by atoms with van der Waals surface area (Å²) in [6.45, 7) is 0.431. The van der Waals surface area contributed by atoms with E-state index in [2.05, 4.69) is 25.7 Å². The minimum Gasteiger partial charge on any atom is -0.423 e. The highest BCUT2D eigenvalue weighted by Gasteiger charge is 2.08. The maximum atomic E-state index is 11.9. The van der Waals surface area contributed by atoms with Crippen LogP contribution in [0.2, 0.25) is 0 Å². The normalized spacial score (nSPS) is 10.4. The zero-order valence-electron chi connectivity index (χ0n) is 10.4. The number of carbonyl (C=O) groups is 1. The van der Waals surface area contributed by atoms with Gasteiger partial charge in [-0.25, -0.2) is 0 Å². The highest BCUT2D eigenvalue weighted by molar-refractivity contribution is 5.94. The molecule has 20 heavy (non-hydrogen) atoms. The SMILES string of the molecule is O=C(NCc1cn[nH]c1)c1ccc(-c2nnco2)cc1. The van der Waals surface area contributed by atoms with Crippen LogP contribution in [0, 0.1) is 0 Å². The van der Waals surface area contributed by atoms with E-state index < -0.39 is 0 Å². The van der Waals surface area contributed by atoms with Crippen molar-refractivity contribution >= 4 is 5.91 Å². The average molecular weight is 269 g/mol. The Balaban J connectivity index is 1.66. The monoisotopic (exact) mass is 269 g/mol. The Labute approximate surface area is 114 Å². The van der Waals surface area contributed by atoms with Gasteiger partial charge in [0.05, 0.1) is 6.20 Å². The van der Waals surface area contributed by atoms with Crippen LogP contribution in [0.15, 0.2) is 47.5 Å². The third-order valence-corrected chi connectivity index (χ3v) is 2.76. The lowest BCUT2D eigenvalue weighted by Crippen LogP contribution is -2.22. The van der Waals surface area contributed by atoms with Crippen LogP contribution in [0.5, 0.6) is 0 Å². The van der Waals surface area contributed by atoms with E-state index in [4.69, 9.17) is 4.42 Å². The number of nitrogens with zero attached hydrogens (tertiary/aromatic N) is 3. The molecule has 100 valence electrons. The molecular formula is C13H11N5O2. The van der Waals surface area contributed by atoms with E-state index in [0.29, 0.717) is 18.0 Å². The van der Waals surface area contributed by atoms with E-state index in [-0.39, 0.29) is 5.91 Å². The van der Waals surface area contributed by atoms with Crippen LogP contribution in [0.1, 0.15) is 15.9 Å². The average Bonchev–Trinajstić information content (AvgIpc) is 3.18. The Bertz CT molecular complexity index is 674. The number of hydrogen-bond donors (Lipinski definition) is 2. The summed E-state index contributed by atoms with van der Waals surface area (Å²) in [4.78, 5) is 11.9. The first-order chi connectivity index (χ1) is 9.83. The summed E-state index contributed by atoms with van der Waals surface area (Å²) in [5, 5.41) is 16.7. The molecular weight excluding hydrogens is 258 g/mol. The van der Waals surface area contributed by atoms with Crippen molar-refractivity contribution in [2.75, 3.05) is 0 Å². The third kappa shape index (κ3) is 2.56. The van der Waals surface area contributed by atoms with E-state index in [0.717, 1.165) is 11.1 Å². The number of carbonyl (C=O) groups excluding carboxylic acids is 1. The lowest BCUT2D eigenvalue weighted by Gasteiger charge is -2.04. The molecule has 0 fully saturated rings. The van der Waals surface area contributed by atoms with Gasteiger partial charge in [0.25, 0.3) is 5.91 Å². The van der Waals surface area contributed by atoms with Crippen LogP contribution in [-0.4, -0.2) is 26.3 Å². The molecule has 0 unspecified atom stereocenters. The van der Waals surface area contributed by atoms with Gasteiger partial charge in [-0.2, -0.15) is 5.10 Å². The van der Waals surface area contributed by atoms with Gasteiger partial charge < -0.3 is 9.73 Å². The summed E-state index contributed by atoms with van der Waals surface area (Å²) in [6, 6.07) is 6.95. The summed E-state index contributed by atoms with van der Waals surface area (Å²) in [5.74, 6) is 0.277. The second-order valence-electron chi connectivity index (χ2n) is 4.11. The summed E-state index contributed by atoms with van der Waals surface area (Å²) >= 11 is 0. The number of benzene rings is 1. The van der Waals surface area contributed by atoms with E-state index in [9.17, 15) is 4.79 Å². The fourth-order valence-electron chi connectivity index (χ4n) is 1.72. The van der Waals surface area contributed by atoms with Crippen molar-refractivity contribution in [2.45, 2.75) is 6.54 Å². The van der Waals surface area contributed by atoms with Gasteiger partial charge in [0.15, 0.2) is 0 Å². The highest BCUT2D eigenvalue weighted by Crippen LogP contribution is 2.16. The van der Waals surface area contributed by atoms with Crippen molar-refractivity contribution < 1.29 is 9.21 Å². The molecule has 0 aliphatic carbocycles. The van der Waals surface area contributed by atoms with Crippen LogP contribution >= 0.6 is 0 Å². The van der Waals surface area contributed by atoms with Crippen molar-refractivity contribution in [2.24, 2.45) is 0 Å². The number of nitrogens with one attached hydrogen (secondary N) is 2. The van der Waals surface area contributed by atoms with Crippen LogP contribution in [0.4, 0.5) is 0 Å². The number of amides is 1. The molecule has 2 aromatic heterocycles. The van der Waals surface area contributed by atoms with Crippen molar-refractivity contribution in [1.82, 2.24) is 25.7 Å². The number of aromatic amines is 1. The standard InChI is InChI=1S/C13H11N5O2/c19-12(14-5-9-6-15-16-7-9)10-1-3-11(4-2-10)13-18-17-8-20-13/h1-4,6-8H,5H2,(H,14,19)(H,15,16). The smallest absolute Gasteiger partial charge is 0.251 e. The molecule has 7 nitrogen and oxygen atoms in total. The van der Waals surface area contributed by atoms with Gasteiger partial charge in [0.1, 0.15) is 0 Å². The molecule has 0 atom stereocenters. The van der Waals surface area contributed by atoms with Gasteiger partial charge >= 0.3 is 0 Å². The van der Waals surface area contributed by atoms with Gasteiger partial charge in [0.2, 0.25) is 12.3 Å². The summed E-state index contributed by atoms with van der Waals surface area (Å²) in [7, 11) is 0. The fourth-order valence-corrected chi connectivity index (χ4v) is 1.72. The number of rotatable bonds is 4. The number of hydrogen-bond acceptors (Lipinski definition) is 5. The Hall–Kier alpha value is -2.96. The maximum Gasteiger partial charge on any atom is 0.251 e. The first-order valence-corrected chi connectivity index (χ1v) is 5.95. The second kappa shape index (κ2) is 5.35. The molecule has 0 aliphatic heterocycles. The van der Waals surface area contributed by atoms with E-state index in [1.54, 1.807) is 36.7 Å².